The molecule has 0 saturated heterocycles. The maximum absolute atomic E-state index is 11.9. The molecule has 1 rings (SSSR count). The van der Waals surface area contributed by atoms with Gasteiger partial charge in [0.25, 0.3) is 0 Å². The van der Waals surface area contributed by atoms with E-state index in [0.717, 1.165) is 0 Å². The molecule has 6 heteroatoms. The van der Waals surface area contributed by atoms with Crippen molar-refractivity contribution in [2.45, 2.75) is 34.1 Å². The van der Waals surface area contributed by atoms with Crippen molar-refractivity contribution in [2.24, 2.45) is 5.92 Å². The summed E-state index contributed by atoms with van der Waals surface area (Å²) in [4.78, 5) is 35.1. The molecule has 1 aromatic heterocycles. The van der Waals surface area contributed by atoms with E-state index in [4.69, 9.17) is 13.9 Å². The van der Waals surface area contributed by atoms with Gasteiger partial charge in [-0.15, -0.1) is 0 Å². The van der Waals surface area contributed by atoms with E-state index >= 15 is 0 Å². The molecular formula is C15H20O6. The zero-order valence-corrected chi connectivity index (χ0v) is 12.7. The minimum Gasteiger partial charge on any atom is -0.466 e. The number of hydrogen-bond donors (Lipinski definition) is 0. The lowest BCUT2D eigenvalue weighted by atomic mass is 10.0. The van der Waals surface area contributed by atoms with E-state index in [1.54, 1.807) is 26.8 Å². The second kappa shape index (κ2) is 7.61. The van der Waals surface area contributed by atoms with E-state index in [1.807, 2.05) is 0 Å². The summed E-state index contributed by atoms with van der Waals surface area (Å²) in [6.45, 7) is 6.74. The minimum atomic E-state index is -1.09. The van der Waals surface area contributed by atoms with Gasteiger partial charge in [0.1, 0.15) is 11.5 Å². The Morgan fingerprint density at radius 3 is 2.05 bits per heavy atom. The van der Waals surface area contributed by atoms with Crippen LogP contribution in [0.25, 0.3) is 0 Å². The molecule has 0 spiro atoms. The normalized spacial score (nSPS) is 10.5. The SMILES string of the molecule is CCOC(=O)C(Cc1cc(C(C)=O)c(C)o1)C(=O)OCC. The van der Waals surface area contributed by atoms with Crippen LogP contribution in [0.5, 0.6) is 0 Å². The molecule has 0 aliphatic carbocycles. The van der Waals surface area contributed by atoms with Crippen molar-refractivity contribution < 1.29 is 28.3 Å². The third-order valence-electron chi connectivity index (χ3n) is 2.90. The Morgan fingerprint density at radius 1 is 1.14 bits per heavy atom. The molecule has 0 N–H and O–H groups in total. The van der Waals surface area contributed by atoms with Gasteiger partial charge in [-0.3, -0.25) is 14.4 Å². The van der Waals surface area contributed by atoms with E-state index in [2.05, 4.69) is 0 Å². The highest BCUT2D eigenvalue weighted by Crippen LogP contribution is 2.20. The number of carbonyl (C=O) groups excluding carboxylic acids is 3. The van der Waals surface area contributed by atoms with Crippen LogP contribution in [0.1, 0.15) is 42.6 Å². The van der Waals surface area contributed by atoms with Crippen LogP contribution < -0.4 is 0 Å². The smallest absolute Gasteiger partial charge is 0.320 e. The van der Waals surface area contributed by atoms with Crippen molar-refractivity contribution in [3.63, 3.8) is 0 Å². The average molecular weight is 296 g/mol. The Hall–Kier alpha value is -2.11. The molecule has 0 radical (unpaired) electrons. The van der Waals surface area contributed by atoms with Crippen molar-refractivity contribution in [1.29, 1.82) is 0 Å². The van der Waals surface area contributed by atoms with Crippen molar-refractivity contribution >= 4 is 17.7 Å². The monoisotopic (exact) mass is 296 g/mol. The highest BCUT2D eigenvalue weighted by Gasteiger charge is 2.31. The number of furan rings is 1. The van der Waals surface area contributed by atoms with E-state index in [0.29, 0.717) is 17.1 Å². The van der Waals surface area contributed by atoms with Crippen molar-refractivity contribution in [1.82, 2.24) is 0 Å². The van der Waals surface area contributed by atoms with Gasteiger partial charge in [-0.1, -0.05) is 0 Å². The molecular weight excluding hydrogens is 276 g/mol. The maximum Gasteiger partial charge on any atom is 0.320 e. The topological polar surface area (TPSA) is 82.8 Å². The Kier molecular flexibility index (Phi) is 6.14. The fourth-order valence-electron chi connectivity index (χ4n) is 1.94. The number of hydrogen-bond acceptors (Lipinski definition) is 6. The molecule has 0 fully saturated rings. The average Bonchev–Trinajstić information content (AvgIpc) is 2.77. The number of carbonyl (C=O) groups is 3. The summed E-state index contributed by atoms with van der Waals surface area (Å²) in [5.41, 5.74) is 0.441. The lowest BCUT2D eigenvalue weighted by Gasteiger charge is -2.12. The fourth-order valence-corrected chi connectivity index (χ4v) is 1.94. The Bertz CT molecular complexity index is 510. The predicted molar refractivity (Wildman–Crippen MR) is 73.9 cm³/mol. The van der Waals surface area contributed by atoms with Gasteiger partial charge in [-0.05, 0) is 33.8 Å². The van der Waals surface area contributed by atoms with Crippen LogP contribution in [0.15, 0.2) is 10.5 Å². The first-order valence-electron chi connectivity index (χ1n) is 6.84. The summed E-state index contributed by atoms with van der Waals surface area (Å²) in [7, 11) is 0. The van der Waals surface area contributed by atoms with Gasteiger partial charge in [0.2, 0.25) is 0 Å². The van der Waals surface area contributed by atoms with Gasteiger partial charge in [0.15, 0.2) is 11.7 Å². The quantitative estimate of drug-likeness (QED) is 0.435. The second-order valence-corrected chi connectivity index (χ2v) is 4.50. The van der Waals surface area contributed by atoms with E-state index < -0.39 is 17.9 Å². The number of aryl methyl sites for hydroxylation is 1. The molecule has 0 aliphatic heterocycles. The van der Waals surface area contributed by atoms with Gasteiger partial charge in [-0.25, -0.2) is 0 Å². The highest BCUT2D eigenvalue weighted by molar-refractivity contribution is 5.96. The van der Waals surface area contributed by atoms with Crippen molar-refractivity contribution in [3.05, 3.63) is 23.2 Å². The van der Waals surface area contributed by atoms with Crippen LogP contribution in [0.4, 0.5) is 0 Å². The molecule has 0 bridgehead atoms. The van der Waals surface area contributed by atoms with Crippen LogP contribution in [0.2, 0.25) is 0 Å². The van der Waals surface area contributed by atoms with Gasteiger partial charge in [-0.2, -0.15) is 0 Å². The first kappa shape index (κ1) is 16.9. The number of esters is 2. The zero-order chi connectivity index (χ0) is 16.0. The Balaban J connectivity index is 2.95. The van der Waals surface area contributed by atoms with Crippen LogP contribution in [-0.4, -0.2) is 30.9 Å². The molecule has 0 aliphatic rings. The lowest BCUT2D eigenvalue weighted by Crippen LogP contribution is -2.29. The molecule has 6 nitrogen and oxygen atoms in total. The molecule has 0 saturated carbocycles. The summed E-state index contributed by atoms with van der Waals surface area (Å²) in [5.74, 6) is -1.70. The van der Waals surface area contributed by atoms with E-state index in [-0.39, 0.29) is 25.4 Å². The molecule has 1 heterocycles. The standard InChI is InChI=1S/C15H20O6/c1-5-19-14(17)13(15(18)20-6-2)8-11-7-12(9(3)16)10(4)21-11/h7,13H,5-6,8H2,1-4H3. The summed E-state index contributed by atoms with van der Waals surface area (Å²) in [6, 6.07) is 1.54. The minimum absolute atomic E-state index is 0.00574. The van der Waals surface area contributed by atoms with Gasteiger partial charge in [0.05, 0.1) is 18.8 Å². The van der Waals surface area contributed by atoms with Crippen molar-refractivity contribution in [2.75, 3.05) is 13.2 Å². The molecule has 0 atom stereocenters. The van der Waals surface area contributed by atoms with Gasteiger partial charge >= 0.3 is 11.9 Å². The van der Waals surface area contributed by atoms with Crippen LogP contribution in [-0.2, 0) is 25.5 Å². The molecule has 21 heavy (non-hydrogen) atoms. The van der Waals surface area contributed by atoms with Gasteiger partial charge in [0, 0.05) is 6.42 Å². The molecule has 116 valence electrons. The van der Waals surface area contributed by atoms with Gasteiger partial charge < -0.3 is 13.9 Å². The van der Waals surface area contributed by atoms with Crippen LogP contribution in [0.3, 0.4) is 0 Å². The number of ketones is 1. The summed E-state index contributed by atoms with van der Waals surface area (Å²) < 4.78 is 15.2. The number of ether oxygens (including phenoxy) is 2. The third kappa shape index (κ3) is 4.44. The van der Waals surface area contributed by atoms with E-state index in [9.17, 15) is 14.4 Å². The van der Waals surface area contributed by atoms with Crippen LogP contribution in [0, 0.1) is 12.8 Å². The molecule has 0 unspecified atom stereocenters. The zero-order valence-electron chi connectivity index (χ0n) is 12.7. The summed E-state index contributed by atoms with van der Waals surface area (Å²) in [6.07, 6.45) is 0.00574. The Labute approximate surface area is 123 Å². The summed E-state index contributed by atoms with van der Waals surface area (Å²) >= 11 is 0. The van der Waals surface area contributed by atoms with Crippen molar-refractivity contribution in [3.8, 4) is 0 Å². The third-order valence-corrected chi connectivity index (χ3v) is 2.90. The number of rotatable bonds is 7. The first-order chi connectivity index (χ1) is 9.90. The summed E-state index contributed by atoms with van der Waals surface area (Å²) in [5, 5.41) is 0. The van der Waals surface area contributed by atoms with Crippen LogP contribution >= 0.6 is 0 Å². The first-order valence-corrected chi connectivity index (χ1v) is 6.84. The molecule has 0 aromatic carbocycles. The molecule has 1 aromatic rings. The Morgan fingerprint density at radius 2 is 1.67 bits per heavy atom. The fraction of sp³-hybridized carbons (Fsp3) is 0.533. The molecule has 0 amide bonds. The largest absolute Gasteiger partial charge is 0.466 e. The predicted octanol–water partition coefficient (Wildman–Crippen LogP) is 2.08. The van der Waals surface area contributed by atoms with E-state index in [1.165, 1.54) is 6.92 Å². The maximum atomic E-state index is 11.9. The number of Topliss-reactive ketones (excluding diaryl/α,β-unsaturated/α-hetero) is 1. The lowest BCUT2D eigenvalue weighted by molar-refractivity contribution is -0.161. The highest BCUT2D eigenvalue weighted by atomic mass is 16.6. The second-order valence-electron chi connectivity index (χ2n) is 4.50.